The van der Waals surface area contributed by atoms with Crippen molar-refractivity contribution in [3.8, 4) is 0 Å². The number of anilines is 2. The Morgan fingerprint density at radius 3 is 2.36 bits per heavy atom. The van der Waals surface area contributed by atoms with Crippen molar-refractivity contribution in [2.24, 2.45) is 5.41 Å². The van der Waals surface area contributed by atoms with Gasteiger partial charge in [-0.3, -0.25) is 4.79 Å². The van der Waals surface area contributed by atoms with Crippen LogP contribution >= 0.6 is 0 Å². The quantitative estimate of drug-likeness (QED) is 0.752. The average molecular weight is 332 g/mol. The molecule has 0 spiro atoms. The third kappa shape index (κ3) is 2.95. The highest BCUT2D eigenvalue weighted by Crippen LogP contribution is 2.46. The van der Waals surface area contributed by atoms with Crippen LogP contribution in [-0.2, 0) is 4.79 Å². The molecule has 0 aromatic heterocycles. The molecule has 3 nitrogen and oxygen atoms in total. The lowest BCUT2D eigenvalue weighted by Gasteiger charge is -2.35. The molecule has 1 aliphatic heterocycles. The first-order chi connectivity index (χ1) is 11.9. The largest absolute Gasteiger partial charge is 0.373 e. The third-order valence-electron chi connectivity index (χ3n) is 5.15. The summed E-state index contributed by atoms with van der Waals surface area (Å²) in [4.78, 5) is 12.9. The van der Waals surface area contributed by atoms with Crippen LogP contribution in [0.5, 0.6) is 0 Å². The van der Waals surface area contributed by atoms with Gasteiger partial charge in [0.1, 0.15) is 0 Å². The Bertz CT molecular complexity index is 862. The molecule has 4 rings (SSSR count). The molecular formula is C22H24N2O. The van der Waals surface area contributed by atoms with Gasteiger partial charge in [0.2, 0.25) is 0 Å². The molecule has 1 atom stereocenters. The van der Waals surface area contributed by atoms with Crippen LogP contribution in [0.15, 0.2) is 59.8 Å². The summed E-state index contributed by atoms with van der Waals surface area (Å²) in [7, 11) is 0. The monoisotopic (exact) mass is 332 g/mol. The molecule has 1 aliphatic carbocycles. The Hall–Kier alpha value is -2.55. The molecule has 0 radical (unpaired) electrons. The van der Waals surface area contributed by atoms with E-state index in [1.165, 1.54) is 16.7 Å². The molecule has 2 aromatic carbocycles. The zero-order chi connectivity index (χ0) is 17.6. The van der Waals surface area contributed by atoms with Gasteiger partial charge in [-0.15, -0.1) is 0 Å². The fourth-order valence-corrected chi connectivity index (χ4v) is 3.90. The molecule has 25 heavy (non-hydrogen) atoms. The van der Waals surface area contributed by atoms with Crippen molar-refractivity contribution in [3.05, 3.63) is 70.9 Å². The lowest BCUT2D eigenvalue weighted by Crippen LogP contribution is -2.31. The number of benzene rings is 2. The van der Waals surface area contributed by atoms with Gasteiger partial charge in [0, 0.05) is 6.42 Å². The molecule has 0 amide bonds. The topological polar surface area (TPSA) is 41.1 Å². The molecule has 1 heterocycles. The van der Waals surface area contributed by atoms with Crippen molar-refractivity contribution < 1.29 is 4.79 Å². The van der Waals surface area contributed by atoms with Gasteiger partial charge >= 0.3 is 0 Å². The van der Waals surface area contributed by atoms with Gasteiger partial charge in [-0.2, -0.15) is 0 Å². The lowest BCUT2D eigenvalue weighted by molar-refractivity contribution is -0.118. The average Bonchev–Trinajstić information content (AvgIpc) is 2.72. The number of hydrogen-bond donors (Lipinski definition) is 2. The van der Waals surface area contributed by atoms with E-state index >= 15 is 0 Å². The second-order valence-electron chi connectivity index (χ2n) is 8.00. The molecule has 2 aromatic rings. The van der Waals surface area contributed by atoms with Gasteiger partial charge in [0.05, 0.1) is 23.1 Å². The Morgan fingerprint density at radius 2 is 1.64 bits per heavy atom. The van der Waals surface area contributed by atoms with E-state index in [2.05, 4.69) is 61.7 Å². The Morgan fingerprint density at radius 1 is 0.960 bits per heavy atom. The van der Waals surface area contributed by atoms with Crippen molar-refractivity contribution in [2.45, 2.75) is 39.7 Å². The van der Waals surface area contributed by atoms with Crippen LogP contribution in [-0.4, -0.2) is 5.78 Å². The highest BCUT2D eigenvalue weighted by atomic mass is 16.1. The number of rotatable bonds is 1. The second kappa shape index (κ2) is 5.76. The standard InChI is InChI=1S/C22H24N2O/c1-14-8-10-15(11-9-14)20-16-12-22(2,3)13-19(25)21(16)24-18-7-5-4-6-17(18)23-20/h4-11,20,23-24H,12-13H2,1-3H3. The van der Waals surface area contributed by atoms with Gasteiger partial charge in [-0.25, -0.2) is 0 Å². The van der Waals surface area contributed by atoms with Crippen molar-refractivity contribution in [2.75, 3.05) is 10.6 Å². The van der Waals surface area contributed by atoms with Gasteiger partial charge < -0.3 is 10.6 Å². The number of para-hydroxylation sites is 2. The van der Waals surface area contributed by atoms with Crippen LogP contribution in [0, 0.1) is 12.3 Å². The number of hydrogen-bond acceptors (Lipinski definition) is 3. The maximum absolute atomic E-state index is 12.9. The molecule has 0 saturated heterocycles. The van der Waals surface area contributed by atoms with E-state index in [1.54, 1.807) is 0 Å². The van der Waals surface area contributed by atoms with E-state index in [1.807, 2.05) is 18.2 Å². The minimum absolute atomic E-state index is 0.00951. The number of fused-ring (bicyclic) bond motifs is 1. The first-order valence-corrected chi connectivity index (χ1v) is 8.88. The molecule has 0 saturated carbocycles. The minimum atomic E-state index is -0.0151. The molecule has 0 fully saturated rings. The number of carbonyl (C=O) groups is 1. The SMILES string of the molecule is Cc1ccc(C2Nc3ccccc3NC3=C2CC(C)(C)CC3=O)cc1. The molecular weight excluding hydrogens is 308 g/mol. The fourth-order valence-electron chi connectivity index (χ4n) is 3.90. The van der Waals surface area contributed by atoms with E-state index in [-0.39, 0.29) is 17.2 Å². The van der Waals surface area contributed by atoms with Crippen molar-refractivity contribution in [3.63, 3.8) is 0 Å². The zero-order valence-electron chi connectivity index (χ0n) is 15.0. The van der Waals surface area contributed by atoms with E-state index in [9.17, 15) is 4.79 Å². The summed E-state index contributed by atoms with van der Waals surface area (Å²) in [5.74, 6) is 0.210. The second-order valence-corrected chi connectivity index (χ2v) is 8.00. The van der Waals surface area contributed by atoms with Crippen molar-refractivity contribution >= 4 is 17.2 Å². The maximum atomic E-state index is 12.9. The van der Waals surface area contributed by atoms with Gasteiger partial charge in [0.15, 0.2) is 5.78 Å². The van der Waals surface area contributed by atoms with E-state index in [0.717, 1.165) is 23.5 Å². The maximum Gasteiger partial charge on any atom is 0.179 e. The number of aryl methyl sites for hydroxylation is 1. The summed E-state index contributed by atoms with van der Waals surface area (Å²) in [6.45, 7) is 6.46. The number of ketones is 1. The van der Waals surface area contributed by atoms with E-state index in [4.69, 9.17) is 0 Å². The van der Waals surface area contributed by atoms with E-state index < -0.39 is 0 Å². The predicted molar refractivity (Wildman–Crippen MR) is 103 cm³/mol. The van der Waals surface area contributed by atoms with Gasteiger partial charge in [0.25, 0.3) is 0 Å². The lowest BCUT2D eigenvalue weighted by atomic mass is 9.72. The van der Waals surface area contributed by atoms with Gasteiger partial charge in [-0.1, -0.05) is 55.8 Å². The summed E-state index contributed by atoms with van der Waals surface area (Å²) in [6, 6.07) is 16.7. The highest BCUT2D eigenvalue weighted by Gasteiger charge is 2.38. The molecule has 0 bridgehead atoms. The molecule has 2 N–H and O–H groups in total. The number of Topliss-reactive ketones (excluding diaryl/α,β-unsaturated/α-hetero) is 1. The normalized spacial score (nSPS) is 21.6. The summed E-state index contributed by atoms with van der Waals surface area (Å²) in [5.41, 5.74) is 6.38. The predicted octanol–water partition coefficient (Wildman–Crippen LogP) is 5.22. The van der Waals surface area contributed by atoms with Crippen LogP contribution in [0.1, 0.15) is 43.9 Å². The van der Waals surface area contributed by atoms with E-state index in [0.29, 0.717) is 6.42 Å². The molecule has 128 valence electrons. The van der Waals surface area contributed by atoms with Crippen molar-refractivity contribution in [1.82, 2.24) is 0 Å². The minimum Gasteiger partial charge on any atom is -0.373 e. The van der Waals surface area contributed by atoms with Crippen LogP contribution in [0.3, 0.4) is 0 Å². The molecule has 2 aliphatic rings. The van der Waals surface area contributed by atoms with Crippen LogP contribution in [0.4, 0.5) is 11.4 Å². The Balaban J connectivity index is 1.88. The smallest absolute Gasteiger partial charge is 0.179 e. The first-order valence-electron chi connectivity index (χ1n) is 8.88. The Labute approximate surface area is 149 Å². The summed E-state index contributed by atoms with van der Waals surface area (Å²) in [5, 5.41) is 7.11. The summed E-state index contributed by atoms with van der Waals surface area (Å²) < 4.78 is 0. The third-order valence-corrected chi connectivity index (χ3v) is 5.15. The fraction of sp³-hybridized carbons (Fsp3) is 0.318. The van der Waals surface area contributed by atoms with Gasteiger partial charge in [-0.05, 0) is 42.0 Å². The zero-order valence-corrected chi connectivity index (χ0v) is 15.0. The number of nitrogens with one attached hydrogen (secondary N) is 2. The highest BCUT2D eigenvalue weighted by molar-refractivity contribution is 6.02. The number of carbonyl (C=O) groups excluding carboxylic acids is 1. The Kier molecular flexibility index (Phi) is 3.68. The molecule has 3 heteroatoms. The van der Waals surface area contributed by atoms with Crippen LogP contribution in [0.25, 0.3) is 0 Å². The first kappa shape index (κ1) is 15.9. The van der Waals surface area contributed by atoms with Crippen LogP contribution < -0.4 is 10.6 Å². The summed E-state index contributed by atoms with van der Waals surface area (Å²) in [6.07, 6.45) is 1.49. The van der Waals surface area contributed by atoms with Crippen molar-refractivity contribution in [1.29, 1.82) is 0 Å². The number of allylic oxidation sites excluding steroid dienone is 1. The van der Waals surface area contributed by atoms with Crippen LogP contribution in [0.2, 0.25) is 0 Å². The molecule has 1 unspecified atom stereocenters. The summed E-state index contributed by atoms with van der Waals surface area (Å²) >= 11 is 0.